The molecule has 0 spiro atoms. The molecule has 11 nitrogen and oxygen atoms in total. The van der Waals surface area contributed by atoms with Crippen LogP contribution in [0.4, 0.5) is 5.95 Å². The summed E-state index contributed by atoms with van der Waals surface area (Å²) >= 11 is 0. The van der Waals surface area contributed by atoms with Gasteiger partial charge in [-0.25, -0.2) is 9.50 Å². The Morgan fingerprint density at radius 1 is 1.25 bits per heavy atom. The van der Waals surface area contributed by atoms with Gasteiger partial charge in [0.05, 0.1) is 30.6 Å². The fourth-order valence-corrected chi connectivity index (χ4v) is 7.02. The molecule has 5 rings (SSSR count). The Bertz CT molecular complexity index is 1460. The topological polar surface area (TPSA) is 127 Å². The maximum absolute atomic E-state index is 13.5. The summed E-state index contributed by atoms with van der Waals surface area (Å²) in [5.74, 6) is 5.40. The van der Waals surface area contributed by atoms with Gasteiger partial charge in [0.1, 0.15) is 5.54 Å². The third-order valence-corrected chi connectivity index (χ3v) is 10.0. The van der Waals surface area contributed by atoms with Gasteiger partial charge in [-0.2, -0.15) is 5.10 Å². The van der Waals surface area contributed by atoms with Gasteiger partial charge in [0.2, 0.25) is 11.9 Å². The first kappa shape index (κ1) is 28.6. The maximum Gasteiger partial charge on any atom is 0.250 e. The first-order chi connectivity index (χ1) is 19.0. The quantitative estimate of drug-likeness (QED) is 0.395. The Balaban J connectivity index is 1.47. The van der Waals surface area contributed by atoms with Gasteiger partial charge in [-0.1, -0.05) is 0 Å². The molecule has 0 aromatic carbocycles. The van der Waals surface area contributed by atoms with Crippen molar-refractivity contribution in [2.75, 3.05) is 43.6 Å². The van der Waals surface area contributed by atoms with Gasteiger partial charge >= 0.3 is 0 Å². The second kappa shape index (κ2) is 11.1. The zero-order chi connectivity index (χ0) is 28.7. The van der Waals surface area contributed by atoms with E-state index in [1.54, 1.807) is 22.9 Å². The van der Waals surface area contributed by atoms with Crippen LogP contribution >= 0.6 is 0 Å². The van der Waals surface area contributed by atoms with E-state index in [1.807, 2.05) is 37.7 Å². The lowest BCUT2D eigenvalue weighted by Gasteiger charge is -2.35. The molecule has 40 heavy (non-hydrogen) atoms. The highest BCUT2D eigenvalue weighted by Crippen LogP contribution is 2.38. The van der Waals surface area contributed by atoms with Crippen molar-refractivity contribution < 1.29 is 18.8 Å². The zero-order valence-electron chi connectivity index (χ0n) is 23.9. The van der Waals surface area contributed by atoms with Gasteiger partial charge in [-0.05, 0) is 67.9 Å². The van der Waals surface area contributed by atoms with E-state index in [0.29, 0.717) is 37.2 Å². The van der Waals surface area contributed by atoms with Gasteiger partial charge in [0.25, 0.3) is 0 Å². The Kier molecular flexibility index (Phi) is 7.95. The lowest BCUT2D eigenvalue weighted by atomic mass is 9.85. The van der Waals surface area contributed by atoms with E-state index in [-0.39, 0.29) is 24.0 Å². The summed E-state index contributed by atoms with van der Waals surface area (Å²) in [7, 11) is -0.425. The number of aromatic nitrogens is 5. The molecule has 1 aliphatic heterocycles. The van der Waals surface area contributed by atoms with Crippen molar-refractivity contribution in [3.05, 3.63) is 30.4 Å². The standard InChI is InChI=1S/C28H41N7O4S/c1-19(18-39-4)31-27-29-16-25-23(14-24(35(25)32-27)20-6-8-22(36)9-7-20)21-15-30-34(17-21)28(2,3)26(37)33-10-12-40(5,38)13-11-33/h14-17,19-20,22,36H,5-13,18H2,1-4H3,(H,31,32)/t19-,20?,22?/m0/s1. The number of hydrogen-bond donors (Lipinski definition) is 2. The Hall–Kier alpha value is -2.96. The molecule has 1 aliphatic carbocycles. The van der Waals surface area contributed by atoms with E-state index in [1.165, 1.54) is 0 Å². The smallest absolute Gasteiger partial charge is 0.250 e. The molecule has 3 aromatic rings. The summed E-state index contributed by atoms with van der Waals surface area (Å²) in [5, 5.41) is 22.9. The number of aliphatic hydroxyl groups is 1. The molecule has 1 saturated heterocycles. The fraction of sp³-hybridized carbons (Fsp3) is 0.607. The van der Waals surface area contributed by atoms with Gasteiger partial charge in [-0.3, -0.25) is 13.7 Å². The maximum atomic E-state index is 13.5. The number of carbonyl (C=O) groups is 1. The lowest BCUT2D eigenvalue weighted by Crippen LogP contribution is -2.52. The molecule has 218 valence electrons. The predicted octanol–water partition coefficient (Wildman–Crippen LogP) is 2.35. The molecule has 2 fully saturated rings. The van der Waals surface area contributed by atoms with Crippen molar-refractivity contribution in [1.82, 2.24) is 29.3 Å². The van der Waals surface area contributed by atoms with E-state index >= 15 is 0 Å². The molecule has 0 unspecified atom stereocenters. The number of fused-ring (bicyclic) bond motifs is 1. The van der Waals surface area contributed by atoms with Crippen molar-refractivity contribution in [3.8, 4) is 11.1 Å². The number of nitrogens with one attached hydrogen (secondary N) is 1. The van der Waals surface area contributed by atoms with Crippen molar-refractivity contribution >= 4 is 32.8 Å². The van der Waals surface area contributed by atoms with Gasteiger partial charge in [0, 0.05) is 66.7 Å². The Labute approximate surface area is 235 Å². The van der Waals surface area contributed by atoms with E-state index in [9.17, 15) is 14.1 Å². The van der Waals surface area contributed by atoms with Crippen LogP contribution in [0.15, 0.2) is 24.7 Å². The van der Waals surface area contributed by atoms with E-state index in [0.717, 1.165) is 48.0 Å². The van der Waals surface area contributed by atoms with Crippen molar-refractivity contribution in [3.63, 3.8) is 0 Å². The second-order valence-corrected chi connectivity index (χ2v) is 14.5. The number of aliphatic hydroxyl groups excluding tert-OH is 1. The highest BCUT2D eigenvalue weighted by Gasteiger charge is 2.36. The molecule has 2 aliphatic rings. The minimum absolute atomic E-state index is 0.0451. The molecule has 1 saturated carbocycles. The van der Waals surface area contributed by atoms with Crippen LogP contribution in [-0.2, 0) is 24.6 Å². The van der Waals surface area contributed by atoms with E-state index in [2.05, 4.69) is 27.3 Å². The van der Waals surface area contributed by atoms with Gasteiger partial charge in [0.15, 0.2) is 0 Å². The fourth-order valence-electron chi connectivity index (χ4n) is 5.71. The van der Waals surface area contributed by atoms with Crippen LogP contribution in [0.1, 0.15) is 58.1 Å². The summed E-state index contributed by atoms with van der Waals surface area (Å²) < 4.78 is 21.2. The molecule has 12 heteroatoms. The highest BCUT2D eigenvalue weighted by molar-refractivity contribution is 8.00. The Morgan fingerprint density at radius 3 is 2.62 bits per heavy atom. The first-order valence-corrected chi connectivity index (χ1v) is 16.0. The third-order valence-electron chi connectivity index (χ3n) is 8.20. The summed E-state index contributed by atoms with van der Waals surface area (Å²) in [5.41, 5.74) is 2.84. The first-order valence-electron chi connectivity index (χ1n) is 14.0. The Morgan fingerprint density at radius 2 is 1.95 bits per heavy atom. The van der Waals surface area contributed by atoms with Crippen LogP contribution in [0.5, 0.6) is 0 Å². The average Bonchev–Trinajstić information content (AvgIpc) is 3.55. The monoisotopic (exact) mass is 571 g/mol. The number of anilines is 1. The van der Waals surface area contributed by atoms with Gasteiger partial charge < -0.3 is 20.1 Å². The van der Waals surface area contributed by atoms with E-state index in [4.69, 9.17) is 9.84 Å². The second-order valence-electron chi connectivity index (χ2n) is 11.8. The molecule has 1 atom stereocenters. The third kappa shape index (κ3) is 5.75. The zero-order valence-corrected chi connectivity index (χ0v) is 24.7. The van der Waals surface area contributed by atoms with Crippen LogP contribution in [0.25, 0.3) is 16.6 Å². The summed E-state index contributed by atoms with van der Waals surface area (Å²) in [6, 6.07) is 2.20. The highest BCUT2D eigenvalue weighted by atomic mass is 32.2. The number of methoxy groups -OCH3 is 1. The number of hydrogen-bond acceptors (Lipinski definition) is 8. The van der Waals surface area contributed by atoms with Crippen molar-refractivity contribution in [2.24, 2.45) is 0 Å². The van der Waals surface area contributed by atoms with Crippen LogP contribution in [0.3, 0.4) is 0 Å². The normalized spacial score (nSPS) is 22.4. The molecule has 0 bridgehead atoms. The minimum Gasteiger partial charge on any atom is -0.393 e. The lowest BCUT2D eigenvalue weighted by molar-refractivity contribution is -0.139. The molecule has 3 aromatic heterocycles. The summed E-state index contributed by atoms with van der Waals surface area (Å²) in [6.07, 6.45) is 8.56. The average molecular weight is 572 g/mol. The molecule has 2 N–H and O–H groups in total. The predicted molar refractivity (Wildman–Crippen MR) is 157 cm³/mol. The molecule has 1 amide bonds. The summed E-state index contributed by atoms with van der Waals surface area (Å²) in [4.78, 5) is 19.8. The molecule has 0 radical (unpaired) electrons. The van der Waals surface area contributed by atoms with Gasteiger partial charge in [-0.15, -0.1) is 5.10 Å². The molecule has 4 heterocycles. The van der Waals surface area contributed by atoms with Crippen molar-refractivity contribution in [1.29, 1.82) is 0 Å². The van der Waals surface area contributed by atoms with E-state index < -0.39 is 15.1 Å². The van der Waals surface area contributed by atoms with Crippen LogP contribution < -0.4 is 5.32 Å². The largest absolute Gasteiger partial charge is 0.393 e. The van der Waals surface area contributed by atoms with Crippen molar-refractivity contribution in [2.45, 2.75) is 70.1 Å². The number of amides is 1. The molecular weight excluding hydrogens is 530 g/mol. The minimum atomic E-state index is -2.09. The number of rotatable bonds is 8. The molecular formula is C28H41N7O4S. The number of nitrogens with zero attached hydrogens (tertiary/aromatic N) is 6. The summed E-state index contributed by atoms with van der Waals surface area (Å²) in [6.45, 7) is 7.16. The van der Waals surface area contributed by atoms with Crippen LogP contribution in [0.2, 0.25) is 0 Å². The number of ether oxygens (including phenoxy) is 1. The number of carbonyl (C=O) groups excluding carboxylic acids is 1. The van der Waals surface area contributed by atoms with Crippen LogP contribution in [-0.4, -0.2) is 101 Å². The SMILES string of the molecule is C=S1(=O)CCN(C(=O)C(C)(C)n2cc(-c3cc(C4CCC(O)CC4)n4nc(N[C@@H](C)COC)ncc34)cn2)CC1. The van der Waals surface area contributed by atoms with Crippen LogP contribution in [0, 0.1) is 0 Å².